The summed E-state index contributed by atoms with van der Waals surface area (Å²) in [4.78, 5) is 59.0. The van der Waals surface area contributed by atoms with Crippen molar-refractivity contribution in [3.05, 3.63) is 90.5 Å². The number of esters is 1. The van der Waals surface area contributed by atoms with Crippen LogP contribution in [-0.2, 0) is 28.7 Å². The van der Waals surface area contributed by atoms with E-state index in [-0.39, 0.29) is 37.9 Å². The third kappa shape index (κ3) is 6.53. The van der Waals surface area contributed by atoms with Crippen LogP contribution in [0.1, 0.15) is 51.2 Å². The maximum Gasteiger partial charge on any atom is 0.313 e. The molecule has 2 aromatic carbocycles. The van der Waals surface area contributed by atoms with Gasteiger partial charge in [0.25, 0.3) is 5.91 Å². The molecule has 10 nitrogen and oxygen atoms in total. The lowest BCUT2D eigenvalue weighted by molar-refractivity contribution is -0.161. The number of hydrogen-bond acceptors (Lipinski definition) is 7. The molecule has 0 unspecified atom stereocenters. The second-order valence-corrected chi connectivity index (χ2v) is 13.4. The number of amides is 3. The second kappa shape index (κ2) is 15.1. The summed E-state index contributed by atoms with van der Waals surface area (Å²) in [6, 6.07) is 14.2. The van der Waals surface area contributed by atoms with E-state index < -0.39 is 59.5 Å². The van der Waals surface area contributed by atoms with Crippen LogP contribution in [0.5, 0.6) is 0 Å². The highest BCUT2D eigenvalue weighted by Gasteiger charge is 2.76. The molecule has 0 radical (unpaired) electrons. The number of rotatable bonds is 15. The number of anilines is 1. The van der Waals surface area contributed by atoms with Gasteiger partial charge in [-0.15, -0.1) is 13.2 Å². The van der Waals surface area contributed by atoms with Crippen LogP contribution in [0.15, 0.2) is 79.9 Å². The number of hydrogen-bond donors (Lipinski definition) is 2. The van der Waals surface area contributed by atoms with E-state index in [1.807, 2.05) is 32.0 Å². The molecule has 3 saturated heterocycles. The highest BCUT2D eigenvalue weighted by atomic mass is 35.5. The van der Waals surface area contributed by atoms with Gasteiger partial charge in [0.15, 0.2) is 0 Å². The van der Waals surface area contributed by atoms with Gasteiger partial charge in [0.05, 0.1) is 47.8 Å². The Bertz CT molecular complexity index is 1530. The summed E-state index contributed by atoms with van der Waals surface area (Å²) < 4.78 is 12.7. The SMILES string of the molecule is C=CCCC(=O)NC[C@H](OC(=O)[C@@H]1[C@H]2C(=O)N([C@@H](CO)C(C)C)[C@H](C(=O)N(CC=C)c3ccccc3Cl)[C@]23CC[C@H]1O3)c1ccccc1. The quantitative estimate of drug-likeness (QED) is 0.208. The molecule has 11 heteroatoms. The highest BCUT2D eigenvalue weighted by Crippen LogP contribution is 2.59. The standard InChI is InChI=1S/C37H44ClN3O7/c1-5-7-17-30(43)39-21-29(24-13-9-8-10-14-24)47-36(46)31-28-18-19-37(48-28)32(31)34(44)41(27(22-42)23(3)4)33(37)35(45)40(20-6-2)26-16-12-11-15-25(26)38/h5-6,8-16,23,27-29,31-33,42H,1-2,7,17-22H2,3-4H3,(H,39,43)/t27-,28+,29-,31-,32-,33+,37-/m0/s1. The van der Waals surface area contributed by atoms with Crippen LogP contribution in [0.2, 0.25) is 5.02 Å². The van der Waals surface area contributed by atoms with Crippen LogP contribution in [0, 0.1) is 17.8 Å². The monoisotopic (exact) mass is 677 g/mol. The minimum absolute atomic E-state index is 0.0370. The summed E-state index contributed by atoms with van der Waals surface area (Å²) in [6.45, 7) is 11.0. The first-order chi connectivity index (χ1) is 23.1. The maximum atomic E-state index is 14.8. The van der Waals surface area contributed by atoms with Gasteiger partial charge < -0.3 is 29.7 Å². The molecule has 3 amide bonds. The molecule has 3 aliphatic heterocycles. The van der Waals surface area contributed by atoms with Crippen LogP contribution in [0.25, 0.3) is 0 Å². The van der Waals surface area contributed by atoms with E-state index in [2.05, 4.69) is 18.5 Å². The molecule has 3 aliphatic rings. The van der Waals surface area contributed by atoms with Crippen LogP contribution in [0.4, 0.5) is 5.69 Å². The Balaban J connectivity index is 1.50. The number of likely N-dealkylation sites (tertiary alicyclic amines) is 1. The summed E-state index contributed by atoms with van der Waals surface area (Å²) in [5.74, 6) is -3.93. The molecule has 0 aliphatic carbocycles. The number of nitrogens with zero attached hydrogens (tertiary/aromatic N) is 2. The number of aliphatic hydroxyl groups is 1. The normalized spacial score (nSPS) is 25.4. The summed E-state index contributed by atoms with van der Waals surface area (Å²) in [6.07, 6.45) is 3.33. The molecule has 3 heterocycles. The topological polar surface area (TPSA) is 125 Å². The first-order valence-corrected chi connectivity index (χ1v) is 16.9. The highest BCUT2D eigenvalue weighted by molar-refractivity contribution is 6.34. The second-order valence-electron chi connectivity index (χ2n) is 13.0. The predicted octanol–water partition coefficient (Wildman–Crippen LogP) is 4.62. The minimum Gasteiger partial charge on any atom is -0.455 e. The number of allylic oxidation sites excluding steroid dienone is 1. The first kappa shape index (κ1) is 35.3. The van der Waals surface area contributed by atoms with Crippen molar-refractivity contribution >= 4 is 41.0 Å². The number of halogens is 1. The Kier molecular flexibility index (Phi) is 11.1. The molecule has 3 fully saturated rings. The molecule has 7 atom stereocenters. The van der Waals surface area contributed by atoms with Crippen molar-refractivity contribution in [1.29, 1.82) is 0 Å². The third-order valence-corrected chi connectivity index (χ3v) is 10.1. The molecule has 256 valence electrons. The molecular weight excluding hydrogens is 634 g/mol. The van der Waals surface area contributed by atoms with Crippen molar-refractivity contribution in [2.75, 3.05) is 24.6 Å². The number of aliphatic hydroxyl groups excluding tert-OH is 1. The predicted molar refractivity (Wildman–Crippen MR) is 182 cm³/mol. The van der Waals surface area contributed by atoms with Crippen molar-refractivity contribution in [2.45, 2.75) is 69.4 Å². The molecule has 1 spiro atoms. The van der Waals surface area contributed by atoms with Gasteiger partial charge in [-0.3, -0.25) is 19.2 Å². The Morgan fingerprint density at radius 1 is 1.15 bits per heavy atom. The number of carbonyl (C=O) groups is 4. The van der Waals surface area contributed by atoms with Crippen LogP contribution in [0.3, 0.4) is 0 Å². The van der Waals surface area contributed by atoms with Gasteiger partial charge in [0.1, 0.15) is 17.7 Å². The fourth-order valence-electron chi connectivity index (χ4n) is 7.51. The van der Waals surface area contributed by atoms with Gasteiger partial charge in [0.2, 0.25) is 11.8 Å². The van der Waals surface area contributed by atoms with E-state index in [4.69, 9.17) is 21.1 Å². The zero-order chi connectivity index (χ0) is 34.6. The van der Waals surface area contributed by atoms with Crippen LogP contribution in [-0.4, -0.2) is 77.2 Å². The Morgan fingerprint density at radius 2 is 1.85 bits per heavy atom. The van der Waals surface area contributed by atoms with Crippen LogP contribution < -0.4 is 10.2 Å². The average molecular weight is 678 g/mol. The molecule has 2 aromatic rings. The fourth-order valence-corrected chi connectivity index (χ4v) is 7.75. The van der Waals surface area contributed by atoms with Crippen molar-refractivity contribution in [1.82, 2.24) is 10.2 Å². The summed E-state index contributed by atoms with van der Waals surface area (Å²) >= 11 is 6.56. The molecule has 0 aromatic heterocycles. The fraction of sp³-hybridized carbons (Fsp3) is 0.459. The third-order valence-electron chi connectivity index (χ3n) is 9.77. The number of nitrogens with one attached hydrogen (secondary N) is 1. The number of carbonyl (C=O) groups excluding carboxylic acids is 4. The zero-order valence-electron chi connectivity index (χ0n) is 27.4. The lowest BCUT2D eigenvalue weighted by Gasteiger charge is -2.40. The summed E-state index contributed by atoms with van der Waals surface area (Å²) in [7, 11) is 0. The minimum atomic E-state index is -1.33. The lowest BCUT2D eigenvalue weighted by Crippen LogP contribution is -2.59. The number of benzene rings is 2. The largest absolute Gasteiger partial charge is 0.455 e. The molecule has 2 N–H and O–H groups in total. The number of ether oxygens (including phenoxy) is 2. The van der Waals surface area contributed by atoms with E-state index in [0.717, 1.165) is 0 Å². The van der Waals surface area contributed by atoms with Gasteiger partial charge in [-0.25, -0.2) is 0 Å². The number of para-hydroxylation sites is 1. The van der Waals surface area contributed by atoms with E-state index in [1.54, 1.807) is 48.6 Å². The van der Waals surface area contributed by atoms with Crippen molar-refractivity contribution in [3.63, 3.8) is 0 Å². The van der Waals surface area contributed by atoms with Crippen molar-refractivity contribution < 1.29 is 33.8 Å². The smallest absolute Gasteiger partial charge is 0.313 e. The zero-order valence-corrected chi connectivity index (χ0v) is 28.2. The average Bonchev–Trinajstić information content (AvgIpc) is 3.73. The van der Waals surface area contributed by atoms with Gasteiger partial charge in [-0.05, 0) is 42.9 Å². The Labute approximate surface area is 286 Å². The van der Waals surface area contributed by atoms with Crippen LogP contribution >= 0.6 is 11.6 Å². The summed E-state index contributed by atoms with van der Waals surface area (Å²) in [5, 5.41) is 13.7. The van der Waals surface area contributed by atoms with E-state index in [1.165, 1.54) is 9.80 Å². The Hall–Kier alpha value is -3.99. The molecule has 5 rings (SSSR count). The summed E-state index contributed by atoms with van der Waals surface area (Å²) in [5.41, 5.74) is -0.195. The van der Waals surface area contributed by atoms with Crippen molar-refractivity contribution in [2.24, 2.45) is 17.8 Å². The molecular formula is C37H44ClN3O7. The molecule has 48 heavy (non-hydrogen) atoms. The number of fused-ring (bicyclic) bond motifs is 1. The molecule has 0 saturated carbocycles. The van der Waals surface area contributed by atoms with Gasteiger partial charge in [-0.1, -0.05) is 80.1 Å². The van der Waals surface area contributed by atoms with Crippen molar-refractivity contribution in [3.8, 4) is 0 Å². The van der Waals surface area contributed by atoms with E-state index in [9.17, 15) is 24.3 Å². The lowest BCUT2D eigenvalue weighted by atomic mass is 9.70. The first-order valence-electron chi connectivity index (χ1n) is 16.5. The Morgan fingerprint density at radius 3 is 2.50 bits per heavy atom. The van der Waals surface area contributed by atoms with Gasteiger partial charge >= 0.3 is 5.97 Å². The van der Waals surface area contributed by atoms with Gasteiger partial charge in [0, 0.05) is 13.0 Å². The van der Waals surface area contributed by atoms with Gasteiger partial charge in [-0.2, -0.15) is 0 Å². The molecule has 2 bridgehead atoms. The van der Waals surface area contributed by atoms with E-state index in [0.29, 0.717) is 35.5 Å². The van der Waals surface area contributed by atoms with E-state index >= 15 is 0 Å². The maximum absolute atomic E-state index is 14.8.